The zero-order chi connectivity index (χ0) is 19.8. The van der Waals surface area contributed by atoms with Gasteiger partial charge in [0.25, 0.3) is 5.91 Å². The van der Waals surface area contributed by atoms with Gasteiger partial charge >= 0.3 is 0 Å². The summed E-state index contributed by atoms with van der Waals surface area (Å²) in [5.41, 5.74) is 2.52. The van der Waals surface area contributed by atoms with Crippen LogP contribution in [-0.2, 0) is 9.59 Å². The zero-order valence-electron chi connectivity index (χ0n) is 15.9. The van der Waals surface area contributed by atoms with E-state index in [0.29, 0.717) is 16.5 Å². The molecule has 1 aliphatic heterocycles. The van der Waals surface area contributed by atoms with E-state index < -0.39 is 5.60 Å². The van der Waals surface area contributed by atoms with Crippen LogP contribution in [-0.4, -0.2) is 24.0 Å². The molecule has 6 heteroatoms. The number of carbonyl (C=O) groups is 2. The highest BCUT2D eigenvalue weighted by Gasteiger charge is 2.40. The lowest BCUT2D eigenvalue weighted by atomic mass is 10.0. The van der Waals surface area contributed by atoms with E-state index in [1.165, 1.54) is 0 Å². The van der Waals surface area contributed by atoms with Crippen LogP contribution < -0.4 is 15.0 Å². The van der Waals surface area contributed by atoms with Crippen molar-refractivity contribution in [3.8, 4) is 5.75 Å². The predicted octanol–water partition coefficient (Wildman–Crippen LogP) is 4.49. The van der Waals surface area contributed by atoms with E-state index in [0.717, 1.165) is 16.8 Å². The second-order valence-corrected chi connectivity index (χ2v) is 7.73. The van der Waals surface area contributed by atoms with Gasteiger partial charge in [0.2, 0.25) is 5.91 Å². The first-order chi connectivity index (χ1) is 12.7. The van der Waals surface area contributed by atoms with Gasteiger partial charge in [0.15, 0.2) is 5.60 Å². The molecule has 142 valence electrons. The Labute approximate surface area is 164 Å². The minimum Gasteiger partial charge on any atom is -0.476 e. The number of amides is 2. The van der Waals surface area contributed by atoms with Gasteiger partial charge in [0.1, 0.15) is 5.75 Å². The van der Waals surface area contributed by atoms with E-state index in [-0.39, 0.29) is 24.8 Å². The van der Waals surface area contributed by atoms with Crippen LogP contribution in [0.15, 0.2) is 36.4 Å². The number of ether oxygens (including phenoxy) is 1. The van der Waals surface area contributed by atoms with E-state index in [4.69, 9.17) is 16.3 Å². The summed E-state index contributed by atoms with van der Waals surface area (Å²) in [6.07, 6.45) is 0.168. The molecule has 0 spiro atoms. The Kier molecular flexibility index (Phi) is 5.16. The molecule has 2 aromatic carbocycles. The average Bonchev–Trinajstić information content (AvgIpc) is 2.58. The number of hydrogen-bond donors (Lipinski definition) is 1. The topological polar surface area (TPSA) is 58.6 Å². The fourth-order valence-corrected chi connectivity index (χ4v) is 3.31. The lowest BCUT2D eigenvalue weighted by Crippen LogP contribution is -2.53. The summed E-state index contributed by atoms with van der Waals surface area (Å²) in [5.74, 6) is 0.234. The van der Waals surface area contributed by atoms with Gasteiger partial charge in [-0.25, -0.2) is 0 Å². The van der Waals surface area contributed by atoms with Crippen LogP contribution in [0, 0.1) is 13.8 Å². The molecule has 27 heavy (non-hydrogen) atoms. The molecule has 1 N–H and O–H groups in total. The molecule has 5 nitrogen and oxygen atoms in total. The van der Waals surface area contributed by atoms with Crippen molar-refractivity contribution in [2.75, 3.05) is 16.8 Å². The molecule has 0 saturated heterocycles. The van der Waals surface area contributed by atoms with Crippen molar-refractivity contribution in [1.29, 1.82) is 0 Å². The smallest absolute Gasteiger partial charge is 0.270 e. The van der Waals surface area contributed by atoms with Crippen molar-refractivity contribution in [3.05, 3.63) is 52.5 Å². The number of anilines is 2. The molecule has 0 fully saturated rings. The average molecular weight is 387 g/mol. The number of aryl methyl sites for hydroxylation is 2. The van der Waals surface area contributed by atoms with Crippen LogP contribution in [0.2, 0.25) is 5.02 Å². The maximum absolute atomic E-state index is 12.8. The number of hydrogen-bond acceptors (Lipinski definition) is 3. The van der Waals surface area contributed by atoms with Gasteiger partial charge in [-0.3, -0.25) is 9.59 Å². The van der Waals surface area contributed by atoms with Gasteiger partial charge in [0, 0.05) is 23.7 Å². The first kappa shape index (κ1) is 19.2. The number of benzene rings is 2. The SMILES string of the molecule is Cc1ccc(NC(=O)CCN2C(=O)C(C)(C)Oc3ccc(Cl)cc32)c(C)c1. The third-order valence-electron chi connectivity index (χ3n) is 4.56. The van der Waals surface area contributed by atoms with Gasteiger partial charge < -0.3 is 15.0 Å². The Morgan fingerprint density at radius 1 is 1.19 bits per heavy atom. The number of halogens is 1. The summed E-state index contributed by atoms with van der Waals surface area (Å²) in [6.45, 7) is 7.64. The summed E-state index contributed by atoms with van der Waals surface area (Å²) < 4.78 is 5.80. The number of fused-ring (bicyclic) bond motifs is 1. The summed E-state index contributed by atoms with van der Waals surface area (Å²) in [7, 11) is 0. The van der Waals surface area contributed by atoms with Crippen molar-refractivity contribution < 1.29 is 14.3 Å². The Bertz CT molecular complexity index is 908. The summed E-state index contributed by atoms with van der Waals surface area (Å²) in [4.78, 5) is 26.8. The molecule has 0 aromatic heterocycles. The summed E-state index contributed by atoms with van der Waals surface area (Å²) in [5, 5.41) is 3.42. The van der Waals surface area contributed by atoms with E-state index in [2.05, 4.69) is 5.32 Å². The normalized spacial score (nSPS) is 15.1. The predicted molar refractivity (Wildman–Crippen MR) is 108 cm³/mol. The maximum atomic E-state index is 12.8. The standard InChI is InChI=1S/C21H23ClN2O3/c1-13-5-7-16(14(2)11-13)23-19(25)9-10-24-17-12-15(22)6-8-18(17)27-21(3,4)20(24)26/h5-8,11-12H,9-10H2,1-4H3,(H,23,25). The molecule has 1 heterocycles. The Hall–Kier alpha value is -2.53. The number of rotatable bonds is 4. The third kappa shape index (κ3) is 4.08. The van der Waals surface area contributed by atoms with E-state index in [9.17, 15) is 9.59 Å². The molecular formula is C21H23ClN2O3. The molecule has 0 bridgehead atoms. The Balaban J connectivity index is 1.75. The van der Waals surface area contributed by atoms with Crippen LogP contribution in [0.1, 0.15) is 31.4 Å². The lowest BCUT2D eigenvalue weighted by Gasteiger charge is -2.38. The molecule has 0 radical (unpaired) electrons. The molecule has 2 amide bonds. The third-order valence-corrected chi connectivity index (χ3v) is 4.79. The van der Waals surface area contributed by atoms with Crippen LogP contribution >= 0.6 is 11.6 Å². The van der Waals surface area contributed by atoms with Crippen molar-refractivity contribution >= 4 is 34.8 Å². The fraction of sp³-hybridized carbons (Fsp3) is 0.333. The molecule has 0 atom stereocenters. The highest BCUT2D eigenvalue weighted by Crippen LogP contribution is 2.39. The number of carbonyl (C=O) groups excluding carboxylic acids is 2. The fourth-order valence-electron chi connectivity index (χ4n) is 3.14. The minimum absolute atomic E-state index is 0.150. The van der Waals surface area contributed by atoms with Crippen LogP contribution in [0.4, 0.5) is 11.4 Å². The summed E-state index contributed by atoms with van der Waals surface area (Å²) in [6, 6.07) is 11.0. The number of nitrogens with zero attached hydrogens (tertiary/aromatic N) is 1. The minimum atomic E-state index is -0.995. The van der Waals surface area contributed by atoms with Crippen molar-refractivity contribution in [1.82, 2.24) is 0 Å². The lowest BCUT2D eigenvalue weighted by molar-refractivity contribution is -0.132. The Morgan fingerprint density at radius 2 is 1.93 bits per heavy atom. The first-order valence-electron chi connectivity index (χ1n) is 8.85. The van der Waals surface area contributed by atoms with Crippen LogP contribution in [0.25, 0.3) is 0 Å². The van der Waals surface area contributed by atoms with E-state index in [1.807, 2.05) is 32.0 Å². The molecule has 0 saturated carbocycles. The van der Waals surface area contributed by atoms with Gasteiger partial charge in [-0.05, 0) is 57.5 Å². The molecule has 3 rings (SSSR count). The van der Waals surface area contributed by atoms with Crippen molar-refractivity contribution in [2.24, 2.45) is 0 Å². The van der Waals surface area contributed by atoms with Crippen LogP contribution in [0.3, 0.4) is 0 Å². The largest absolute Gasteiger partial charge is 0.476 e. The van der Waals surface area contributed by atoms with Crippen molar-refractivity contribution in [3.63, 3.8) is 0 Å². The second kappa shape index (κ2) is 7.24. The van der Waals surface area contributed by atoms with E-state index in [1.54, 1.807) is 36.9 Å². The van der Waals surface area contributed by atoms with Gasteiger partial charge in [-0.2, -0.15) is 0 Å². The molecule has 0 unspecified atom stereocenters. The van der Waals surface area contributed by atoms with E-state index >= 15 is 0 Å². The molecular weight excluding hydrogens is 364 g/mol. The second-order valence-electron chi connectivity index (χ2n) is 7.30. The van der Waals surface area contributed by atoms with Crippen LogP contribution in [0.5, 0.6) is 5.75 Å². The van der Waals surface area contributed by atoms with Gasteiger partial charge in [-0.15, -0.1) is 0 Å². The zero-order valence-corrected chi connectivity index (χ0v) is 16.7. The molecule has 2 aromatic rings. The van der Waals surface area contributed by atoms with Gasteiger partial charge in [0.05, 0.1) is 5.69 Å². The molecule has 0 aliphatic carbocycles. The first-order valence-corrected chi connectivity index (χ1v) is 9.23. The highest BCUT2D eigenvalue weighted by atomic mass is 35.5. The monoisotopic (exact) mass is 386 g/mol. The summed E-state index contributed by atoms with van der Waals surface area (Å²) >= 11 is 6.09. The highest BCUT2D eigenvalue weighted by molar-refractivity contribution is 6.31. The maximum Gasteiger partial charge on any atom is 0.270 e. The van der Waals surface area contributed by atoms with Gasteiger partial charge in [-0.1, -0.05) is 29.3 Å². The van der Waals surface area contributed by atoms with Crippen molar-refractivity contribution in [2.45, 2.75) is 39.7 Å². The molecule has 1 aliphatic rings. The Morgan fingerprint density at radius 3 is 2.63 bits per heavy atom. The quantitative estimate of drug-likeness (QED) is 0.842. The number of nitrogens with one attached hydrogen (secondary N) is 1.